The molecule has 0 fully saturated rings. The van der Waals surface area contributed by atoms with E-state index in [0.717, 1.165) is 11.1 Å². The Balaban J connectivity index is 2.38. The molecule has 3 nitrogen and oxygen atoms in total. The van der Waals surface area contributed by atoms with Crippen molar-refractivity contribution in [2.75, 3.05) is 6.61 Å². The zero-order valence-electron chi connectivity index (χ0n) is 8.33. The minimum atomic E-state index is -0.343. The van der Waals surface area contributed by atoms with E-state index in [9.17, 15) is 4.39 Å². The van der Waals surface area contributed by atoms with Gasteiger partial charge < -0.3 is 4.74 Å². The van der Waals surface area contributed by atoms with Crippen molar-refractivity contribution in [1.82, 2.24) is 10.2 Å². The lowest BCUT2D eigenvalue weighted by Crippen LogP contribution is -1.94. The summed E-state index contributed by atoms with van der Waals surface area (Å²) in [5, 5.41) is 6.55. The lowest BCUT2D eigenvalue weighted by Gasteiger charge is -2.05. The van der Waals surface area contributed by atoms with Crippen molar-refractivity contribution in [3.63, 3.8) is 0 Å². The van der Waals surface area contributed by atoms with Crippen LogP contribution in [0.5, 0.6) is 5.75 Å². The van der Waals surface area contributed by atoms with E-state index in [1.54, 1.807) is 24.5 Å². The molecule has 2 rings (SSSR count). The number of nitrogens with one attached hydrogen (secondary N) is 1. The lowest BCUT2D eigenvalue weighted by molar-refractivity contribution is 0.322. The fourth-order valence-corrected chi connectivity index (χ4v) is 1.36. The molecule has 0 saturated carbocycles. The number of halogens is 1. The molecule has 0 spiro atoms. The number of rotatable bonds is 3. The summed E-state index contributed by atoms with van der Waals surface area (Å²) in [6.45, 7) is 2.27. The maximum Gasteiger partial charge on any atom is 0.165 e. The fraction of sp³-hybridized carbons (Fsp3) is 0.182. The van der Waals surface area contributed by atoms with Gasteiger partial charge in [-0.25, -0.2) is 4.39 Å². The fourth-order valence-electron chi connectivity index (χ4n) is 1.36. The first-order chi connectivity index (χ1) is 7.31. The zero-order valence-corrected chi connectivity index (χ0v) is 8.33. The highest BCUT2D eigenvalue weighted by Gasteiger charge is 2.06. The van der Waals surface area contributed by atoms with Crippen LogP contribution in [-0.4, -0.2) is 16.8 Å². The first kappa shape index (κ1) is 9.71. The largest absolute Gasteiger partial charge is 0.491 e. The zero-order chi connectivity index (χ0) is 10.7. The number of aromatic amines is 1. The van der Waals surface area contributed by atoms with Gasteiger partial charge in [0.1, 0.15) is 0 Å². The Kier molecular flexibility index (Phi) is 2.67. The van der Waals surface area contributed by atoms with Gasteiger partial charge in [-0.3, -0.25) is 5.10 Å². The number of hydrogen-bond donors (Lipinski definition) is 1. The van der Waals surface area contributed by atoms with E-state index in [1.165, 1.54) is 6.07 Å². The molecule has 0 aliphatic rings. The number of ether oxygens (including phenoxy) is 1. The second kappa shape index (κ2) is 4.13. The summed E-state index contributed by atoms with van der Waals surface area (Å²) in [4.78, 5) is 0. The van der Waals surface area contributed by atoms with Crippen LogP contribution >= 0.6 is 0 Å². The Hall–Kier alpha value is -1.84. The summed E-state index contributed by atoms with van der Waals surface area (Å²) >= 11 is 0. The number of H-pyrrole nitrogens is 1. The highest BCUT2D eigenvalue weighted by molar-refractivity contribution is 5.63. The molecule has 0 amide bonds. The SMILES string of the molecule is CCOc1cc(-c2cn[nH]c2)ccc1F. The van der Waals surface area contributed by atoms with E-state index in [2.05, 4.69) is 10.2 Å². The smallest absolute Gasteiger partial charge is 0.165 e. The average Bonchev–Trinajstić information content (AvgIpc) is 2.75. The molecular formula is C11H11FN2O. The number of aromatic nitrogens is 2. The quantitative estimate of drug-likeness (QED) is 0.838. The van der Waals surface area contributed by atoms with Gasteiger partial charge in [-0.15, -0.1) is 0 Å². The van der Waals surface area contributed by atoms with Gasteiger partial charge in [0.05, 0.1) is 12.8 Å². The van der Waals surface area contributed by atoms with Crippen LogP contribution in [0.2, 0.25) is 0 Å². The van der Waals surface area contributed by atoms with E-state index in [1.807, 2.05) is 6.92 Å². The van der Waals surface area contributed by atoms with Crippen molar-refractivity contribution >= 4 is 0 Å². The van der Waals surface area contributed by atoms with Gasteiger partial charge in [0.2, 0.25) is 0 Å². The van der Waals surface area contributed by atoms with Gasteiger partial charge in [0.25, 0.3) is 0 Å². The monoisotopic (exact) mass is 206 g/mol. The van der Waals surface area contributed by atoms with Crippen LogP contribution in [0.1, 0.15) is 6.92 Å². The van der Waals surface area contributed by atoms with Crippen molar-refractivity contribution in [1.29, 1.82) is 0 Å². The molecule has 2 aromatic rings. The molecular weight excluding hydrogens is 195 g/mol. The summed E-state index contributed by atoms with van der Waals surface area (Å²) in [5.41, 5.74) is 1.80. The third kappa shape index (κ3) is 1.98. The molecule has 1 heterocycles. The van der Waals surface area contributed by atoms with Gasteiger partial charge in [0, 0.05) is 11.8 Å². The Morgan fingerprint density at radius 2 is 2.27 bits per heavy atom. The third-order valence-electron chi connectivity index (χ3n) is 2.06. The molecule has 1 aromatic heterocycles. The van der Waals surface area contributed by atoms with Crippen LogP contribution in [-0.2, 0) is 0 Å². The van der Waals surface area contributed by atoms with Crippen LogP contribution in [0.4, 0.5) is 4.39 Å². The molecule has 0 aliphatic carbocycles. The highest BCUT2D eigenvalue weighted by atomic mass is 19.1. The molecule has 0 atom stereocenters. The van der Waals surface area contributed by atoms with Crippen molar-refractivity contribution in [2.45, 2.75) is 6.92 Å². The van der Waals surface area contributed by atoms with E-state index in [4.69, 9.17) is 4.74 Å². The van der Waals surface area contributed by atoms with Crippen LogP contribution in [0.15, 0.2) is 30.6 Å². The summed E-state index contributed by atoms with van der Waals surface area (Å²) < 4.78 is 18.4. The molecule has 0 saturated heterocycles. The molecule has 15 heavy (non-hydrogen) atoms. The Morgan fingerprint density at radius 1 is 1.40 bits per heavy atom. The number of benzene rings is 1. The predicted octanol–water partition coefficient (Wildman–Crippen LogP) is 2.61. The maximum atomic E-state index is 13.2. The highest BCUT2D eigenvalue weighted by Crippen LogP contribution is 2.25. The second-order valence-electron chi connectivity index (χ2n) is 3.07. The van der Waals surface area contributed by atoms with E-state index in [0.29, 0.717) is 6.61 Å². The molecule has 78 valence electrons. The van der Waals surface area contributed by atoms with E-state index >= 15 is 0 Å². The maximum absolute atomic E-state index is 13.2. The predicted molar refractivity (Wildman–Crippen MR) is 55.2 cm³/mol. The van der Waals surface area contributed by atoms with Crippen molar-refractivity contribution in [2.24, 2.45) is 0 Å². The normalized spacial score (nSPS) is 10.3. The van der Waals surface area contributed by atoms with Gasteiger partial charge in [0.15, 0.2) is 11.6 Å². The van der Waals surface area contributed by atoms with Crippen molar-refractivity contribution in [3.05, 3.63) is 36.4 Å². The van der Waals surface area contributed by atoms with Crippen molar-refractivity contribution < 1.29 is 9.13 Å². The molecule has 1 aromatic carbocycles. The van der Waals surface area contributed by atoms with Gasteiger partial charge in [-0.2, -0.15) is 5.10 Å². The molecule has 0 unspecified atom stereocenters. The molecule has 1 N–H and O–H groups in total. The average molecular weight is 206 g/mol. The molecule has 0 bridgehead atoms. The second-order valence-corrected chi connectivity index (χ2v) is 3.07. The number of nitrogens with zero attached hydrogens (tertiary/aromatic N) is 1. The summed E-state index contributed by atoms with van der Waals surface area (Å²) in [5.74, 6) is -0.0692. The van der Waals surface area contributed by atoms with Crippen molar-refractivity contribution in [3.8, 4) is 16.9 Å². The standard InChI is InChI=1S/C11H11FN2O/c1-2-15-11-5-8(3-4-10(11)12)9-6-13-14-7-9/h3-7H,2H2,1H3,(H,13,14). The van der Waals surface area contributed by atoms with Gasteiger partial charge in [-0.1, -0.05) is 6.07 Å². The Labute approximate surface area is 86.9 Å². The van der Waals surface area contributed by atoms with Crippen LogP contribution in [0.25, 0.3) is 11.1 Å². The topological polar surface area (TPSA) is 37.9 Å². The molecule has 0 aliphatic heterocycles. The first-order valence-corrected chi connectivity index (χ1v) is 4.72. The van der Waals surface area contributed by atoms with E-state index < -0.39 is 0 Å². The summed E-state index contributed by atoms with van der Waals surface area (Å²) in [6.07, 6.45) is 3.44. The van der Waals surface area contributed by atoms with Gasteiger partial charge >= 0.3 is 0 Å². The number of hydrogen-bond acceptors (Lipinski definition) is 2. The first-order valence-electron chi connectivity index (χ1n) is 4.72. The van der Waals surface area contributed by atoms with Crippen LogP contribution in [0.3, 0.4) is 0 Å². The summed E-state index contributed by atoms with van der Waals surface area (Å²) in [7, 11) is 0. The summed E-state index contributed by atoms with van der Waals surface area (Å²) in [6, 6.07) is 4.76. The minimum Gasteiger partial charge on any atom is -0.491 e. The van der Waals surface area contributed by atoms with Crippen LogP contribution in [0, 0.1) is 5.82 Å². The minimum absolute atomic E-state index is 0.274. The van der Waals surface area contributed by atoms with Gasteiger partial charge in [-0.05, 0) is 24.6 Å². The molecule has 4 heteroatoms. The lowest BCUT2D eigenvalue weighted by atomic mass is 10.1. The third-order valence-corrected chi connectivity index (χ3v) is 2.06. The molecule has 0 radical (unpaired) electrons. The Bertz CT molecular complexity index is 440. The van der Waals surface area contributed by atoms with E-state index in [-0.39, 0.29) is 11.6 Å². The van der Waals surface area contributed by atoms with Crippen LogP contribution < -0.4 is 4.74 Å². The Morgan fingerprint density at radius 3 is 2.93 bits per heavy atom.